The van der Waals surface area contributed by atoms with Gasteiger partial charge in [-0.1, -0.05) is 11.6 Å². The topological polar surface area (TPSA) is 129 Å². The molecule has 0 unspecified atom stereocenters. The summed E-state index contributed by atoms with van der Waals surface area (Å²) in [4.78, 5) is 43.4. The quantitative estimate of drug-likeness (QED) is 0.488. The third-order valence-corrected chi connectivity index (χ3v) is 4.64. The minimum atomic E-state index is -0.723. The number of methoxy groups -OCH3 is 3. The fourth-order valence-corrected chi connectivity index (χ4v) is 3.06. The maximum Gasteiger partial charge on any atom is 0.325 e. The van der Waals surface area contributed by atoms with Gasteiger partial charge in [0.2, 0.25) is 5.75 Å². The number of carbonyl (C=O) groups is 2. The lowest BCUT2D eigenvalue weighted by Gasteiger charge is -2.14. The van der Waals surface area contributed by atoms with Crippen molar-refractivity contribution >= 4 is 34.4 Å². The molecule has 0 spiro atoms. The highest BCUT2D eigenvalue weighted by Gasteiger charge is 2.18. The van der Waals surface area contributed by atoms with Crippen LogP contribution in [0.2, 0.25) is 5.02 Å². The molecule has 32 heavy (non-hydrogen) atoms. The van der Waals surface area contributed by atoms with E-state index in [1.807, 2.05) is 0 Å². The highest BCUT2D eigenvalue weighted by molar-refractivity contribution is 6.31. The first-order chi connectivity index (χ1) is 15.4. The number of aromatic nitrogens is 2. The molecule has 0 aliphatic heterocycles. The smallest absolute Gasteiger partial charge is 0.325 e. The van der Waals surface area contributed by atoms with Crippen molar-refractivity contribution in [1.29, 1.82) is 0 Å². The molecule has 0 saturated heterocycles. The van der Waals surface area contributed by atoms with Crippen LogP contribution in [0.3, 0.4) is 0 Å². The van der Waals surface area contributed by atoms with E-state index in [-0.39, 0.29) is 23.6 Å². The molecule has 1 heterocycles. The van der Waals surface area contributed by atoms with Crippen LogP contribution in [0, 0.1) is 0 Å². The van der Waals surface area contributed by atoms with E-state index < -0.39 is 18.4 Å². The Hall–Kier alpha value is -3.79. The van der Waals surface area contributed by atoms with Gasteiger partial charge in [0.15, 0.2) is 11.5 Å². The number of benzene rings is 2. The average molecular weight is 462 g/mol. The predicted octanol–water partition coefficient (Wildman–Crippen LogP) is 2.08. The molecule has 0 aliphatic rings. The van der Waals surface area contributed by atoms with Crippen molar-refractivity contribution in [2.45, 2.75) is 6.61 Å². The summed E-state index contributed by atoms with van der Waals surface area (Å²) in [5.74, 6) is -0.192. The van der Waals surface area contributed by atoms with Crippen LogP contribution < -0.4 is 25.1 Å². The van der Waals surface area contributed by atoms with Crippen molar-refractivity contribution in [2.24, 2.45) is 0 Å². The Bertz CT molecular complexity index is 1200. The summed E-state index contributed by atoms with van der Waals surface area (Å²) in [6.45, 7) is -0.685. The molecule has 2 aromatic carbocycles. The molecule has 10 nitrogen and oxygen atoms in total. The molecule has 3 aromatic rings. The van der Waals surface area contributed by atoms with Crippen LogP contribution in [0.4, 0.5) is 0 Å². The van der Waals surface area contributed by atoms with Gasteiger partial charge in [-0.3, -0.25) is 14.4 Å². The lowest BCUT2D eigenvalue weighted by atomic mass is 10.1. The number of rotatable bonds is 8. The zero-order chi connectivity index (χ0) is 23.3. The summed E-state index contributed by atoms with van der Waals surface area (Å²) in [7, 11) is 4.30. The number of esters is 1. The largest absolute Gasteiger partial charge is 0.493 e. The van der Waals surface area contributed by atoms with Crippen LogP contribution in [0.25, 0.3) is 10.9 Å². The molecule has 0 saturated carbocycles. The first kappa shape index (κ1) is 22.9. The molecule has 0 fully saturated rings. The molecule has 0 atom stereocenters. The number of nitrogens with one attached hydrogen (secondary N) is 2. The Labute approximate surface area is 187 Å². The minimum Gasteiger partial charge on any atom is -0.493 e. The van der Waals surface area contributed by atoms with E-state index in [1.165, 1.54) is 39.5 Å². The van der Waals surface area contributed by atoms with Gasteiger partial charge in [-0.25, -0.2) is 4.98 Å². The van der Waals surface area contributed by atoms with Gasteiger partial charge in [-0.05, 0) is 30.3 Å². The normalized spacial score (nSPS) is 10.5. The number of halogens is 1. The second-order valence-electron chi connectivity index (χ2n) is 6.43. The van der Waals surface area contributed by atoms with Crippen LogP contribution in [-0.2, 0) is 16.1 Å². The van der Waals surface area contributed by atoms with E-state index in [0.717, 1.165) is 0 Å². The summed E-state index contributed by atoms with van der Waals surface area (Å²) in [6.07, 6.45) is 0. The van der Waals surface area contributed by atoms with Gasteiger partial charge in [0.25, 0.3) is 11.5 Å². The van der Waals surface area contributed by atoms with Crippen LogP contribution in [0.1, 0.15) is 16.2 Å². The standard InChI is InChI=1S/C21H20ClN3O7/c1-29-15-6-11(7-16(30-2)19(15)31-3)20(27)23-9-18(26)32-10-17-24-14-8-12(22)4-5-13(14)21(28)25-17/h4-8H,9-10H2,1-3H3,(H,23,27)(H,24,25,28). The number of nitrogens with zero attached hydrogens (tertiary/aromatic N) is 1. The molecule has 1 amide bonds. The van der Waals surface area contributed by atoms with Crippen molar-refractivity contribution in [3.05, 3.63) is 57.1 Å². The Kier molecular flexibility index (Phi) is 7.16. The summed E-state index contributed by atoms with van der Waals surface area (Å²) < 4.78 is 20.7. The predicted molar refractivity (Wildman–Crippen MR) is 116 cm³/mol. The van der Waals surface area contributed by atoms with Crippen molar-refractivity contribution in [2.75, 3.05) is 27.9 Å². The monoisotopic (exact) mass is 461 g/mol. The SMILES string of the molecule is COc1cc(C(=O)NCC(=O)OCc2nc3cc(Cl)ccc3c(=O)[nH]2)cc(OC)c1OC. The molecule has 3 rings (SSSR count). The molecular weight excluding hydrogens is 442 g/mol. The van der Waals surface area contributed by atoms with Gasteiger partial charge in [-0.15, -0.1) is 0 Å². The van der Waals surface area contributed by atoms with Crippen molar-refractivity contribution in [3.8, 4) is 17.2 Å². The van der Waals surface area contributed by atoms with Crippen molar-refractivity contribution in [3.63, 3.8) is 0 Å². The van der Waals surface area contributed by atoms with Crippen LogP contribution >= 0.6 is 11.6 Å². The van der Waals surface area contributed by atoms with Crippen molar-refractivity contribution in [1.82, 2.24) is 15.3 Å². The zero-order valence-corrected chi connectivity index (χ0v) is 18.2. The second kappa shape index (κ2) is 10.0. The van der Waals surface area contributed by atoms with Crippen LogP contribution in [-0.4, -0.2) is 49.7 Å². The highest BCUT2D eigenvalue weighted by Crippen LogP contribution is 2.38. The van der Waals surface area contributed by atoms with Gasteiger partial charge < -0.3 is 29.2 Å². The molecular formula is C21H20ClN3O7. The van der Waals surface area contributed by atoms with Gasteiger partial charge in [0.1, 0.15) is 19.0 Å². The number of carbonyl (C=O) groups excluding carboxylic acids is 2. The summed E-state index contributed by atoms with van der Waals surface area (Å²) in [6, 6.07) is 7.58. The lowest BCUT2D eigenvalue weighted by molar-refractivity contribution is -0.143. The van der Waals surface area contributed by atoms with E-state index in [1.54, 1.807) is 12.1 Å². The van der Waals surface area contributed by atoms with E-state index >= 15 is 0 Å². The maximum atomic E-state index is 12.4. The molecule has 11 heteroatoms. The van der Waals surface area contributed by atoms with Gasteiger partial charge >= 0.3 is 5.97 Å². The number of H-pyrrole nitrogens is 1. The van der Waals surface area contributed by atoms with E-state index in [9.17, 15) is 14.4 Å². The Morgan fingerprint density at radius 3 is 2.38 bits per heavy atom. The molecule has 0 aliphatic carbocycles. The third kappa shape index (κ3) is 5.09. The zero-order valence-electron chi connectivity index (χ0n) is 17.5. The maximum absolute atomic E-state index is 12.4. The number of ether oxygens (including phenoxy) is 4. The number of amides is 1. The van der Waals surface area contributed by atoms with Gasteiger partial charge in [-0.2, -0.15) is 0 Å². The highest BCUT2D eigenvalue weighted by atomic mass is 35.5. The van der Waals surface area contributed by atoms with E-state index in [2.05, 4.69) is 15.3 Å². The van der Waals surface area contributed by atoms with Gasteiger partial charge in [0, 0.05) is 10.6 Å². The second-order valence-corrected chi connectivity index (χ2v) is 6.87. The number of hydrogen-bond acceptors (Lipinski definition) is 8. The summed E-state index contributed by atoms with van der Waals surface area (Å²) in [5, 5.41) is 3.24. The molecule has 0 radical (unpaired) electrons. The number of hydrogen-bond donors (Lipinski definition) is 2. The Balaban J connectivity index is 1.62. The van der Waals surface area contributed by atoms with Crippen molar-refractivity contribution < 1.29 is 28.5 Å². The van der Waals surface area contributed by atoms with E-state index in [0.29, 0.717) is 33.2 Å². The first-order valence-corrected chi connectivity index (χ1v) is 9.66. The fraction of sp³-hybridized carbons (Fsp3) is 0.238. The Morgan fingerprint density at radius 1 is 1.06 bits per heavy atom. The van der Waals surface area contributed by atoms with Gasteiger partial charge in [0.05, 0.1) is 32.2 Å². The minimum absolute atomic E-state index is 0.147. The molecule has 1 aromatic heterocycles. The Morgan fingerprint density at radius 2 is 1.75 bits per heavy atom. The number of fused-ring (bicyclic) bond motifs is 1. The molecule has 168 valence electrons. The molecule has 2 N–H and O–H groups in total. The third-order valence-electron chi connectivity index (χ3n) is 4.41. The average Bonchev–Trinajstić information content (AvgIpc) is 2.79. The van der Waals surface area contributed by atoms with E-state index in [4.69, 9.17) is 30.5 Å². The summed E-state index contributed by atoms with van der Waals surface area (Å²) >= 11 is 5.93. The van der Waals surface area contributed by atoms with Crippen LogP contribution in [0.5, 0.6) is 17.2 Å². The number of aromatic amines is 1. The lowest BCUT2D eigenvalue weighted by Crippen LogP contribution is -2.30. The van der Waals surface area contributed by atoms with Crippen LogP contribution in [0.15, 0.2) is 35.1 Å². The fourth-order valence-electron chi connectivity index (χ4n) is 2.90. The summed E-state index contributed by atoms with van der Waals surface area (Å²) in [5.41, 5.74) is 0.195. The molecule has 0 bridgehead atoms. The first-order valence-electron chi connectivity index (χ1n) is 9.28.